The number of hydrogen-bond donors (Lipinski definition) is 1. The Morgan fingerprint density at radius 2 is 2.00 bits per heavy atom. The van der Waals surface area contributed by atoms with E-state index in [1.807, 2.05) is 0 Å². The molecule has 0 amide bonds. The third kappa shape index (κ3) is 4.81. The first kappa shape index (κ1) is 7.95. The molecule has 0 rings (SSSR count). The van der Waals surface area contributed by atoms with E-state index in [1.165, 1.54) is 0 Å². The van der Waals surface area contributed by atoms with Gasteiger partial charge in [0, 0.05) is 6.42 Å². The number of allylic oxidation sites excluding steroid dienone is 2. The second-order valence-electron chi connectivity index (χ2n) is 1.84. The number of carbonyl (C=O) groups is 1. The number of rotatable bonds is 4. The highest BCUT2D eigenvalue weighted by Crippen LogP contribution is 2.03. The van der Waals surface area contributed by atoms with Gasteiger partial charge in [0.2, 0.25) is 0 Å². The zero-order chi connectivity index (χ0) is 7.28. The fourth-order valence-electron chi connectivity index (χ4n) is 0.364. The fourth-order valence-corrected chi connectivity index (χ4v) is 0.364. The van der Waals surface area contributed by atoms with Crippen molar-refractivity contribution in [1.82, 2.24) is 0 Å². The second-order valence-corrected chi connectivity index (χ2v) is 1.84. The molecule has 0 spiro atoms. The molecule has 0 heterocycles. The van der Waals surface area contributed by atoms with E-state index >= 15 is 0 Å². The highest BCUT2D eigenvalue weighted by Gasteiger charge is 1.92. The van der Waals surface area contributed by atoms with Crippen molar-refractivity contribution in [2.75, 3.05) is 0 Å². The summed E-state index contributed by atoms with van der Waals surface area (Å²) in [6.45, 7) is 6.68. The lowest BCUT2D eigenvalue weighted by Gasteiger charge is -1.94. The summed E-state index contributed by atoms with van der Waals surface area (Å²) in [6, 6.07) is 0. The van der Waals surface area contributed by atoms with E-state index < -0.39 is 0 Å². The number of aldehydes is 1. The molecule has 0 aromatic rings. The SMILES string of the molecule is C=C(O)CCC(=C)C=O. The zero-order valence-electron chi connectivity index (χ0n) is 5.26. The van der Waals surface area contributed by atoms with Gasteiger partial charge in [0.05, 0.1) is 5.76 Å². The van der Waals surface area contributed by atoms with Crippen LogP contribution in [0, 0.1) is 0 Å². The highest BCUT2D eigenvalue weighted by atomic mass is 16.3. The summed E-state index contributed by atoms with van der Waals surface area (Å²) in [7, 11) is 0. The molecule has 0 aliphatic rings. The number of hydrogen-bond acceptors (Lipinski definition) is 2. The summed E-state index contributed by atoms with van der Waals surface area (Å²) in [5, 5.41) is 8.55. The van der Waals surface area contributed by atoms with Crippen LogP contribution in [0.5, 0.6) is 0 Å². The first-order chi connectivity index (χ1) is 4.16. The van der Waals surface area contributed by atoms with Crippen LogP contribution in [-0.4, -0.2) is 11.4 Å². The molecule has 0 unspecified atom stereocenters. The minimum Gasteiger partial charge on any atom is -0.513 e. The predicted molar refractivity (Wildman–Crippen MR) is 36.2 cm³/mol. The van der Waals surface area contributed by atoms with Crippen molar-refractivity contribution in [1.29, 1.82) is 0 Å². The molecule has 0 bridgehead atoms. The van der Waals surface area contributed by atoms with Gasteiger partial charge in [-0.3, -0.25) is 4.79 Å². The number of aliphatic hydroxyl groups excluding tert-OH is 1. The molecule has 2 nitrogen and oxygen atoms in total. The van der Waals surface area contributed by atoms with Crippen molar-refractivity contribution in [3.63, 3.8) is 0 Å². The lowest BCUT2D eigenvalue weighted by atomic mass is 10.2. The van der Waals surface area contributed by atoms with Crippen LogP contribution in [0.2, 0.25) is 0 Å². The van der Waals surface area contributed by atoms with Gasteiger partial charge < -0.3 is 5.11 Å². The molecule has 0 aromatic heterocycles. The summed E-state index contributed by atoms with van der Waals surface area (Å²) in [5.74, 6) is 0.0954. The van der Waals surface area contributed by atoms with Gasteiger partial charge in [-0.15, -0.1) is 0 Å². The minimum atomic E-state index is 0.0954. The number of aliphatic hydroxyl groups is 1. The molecule has 0 atom stereocenters. The average molecular weight is 126 g/mol. The first-order valence-electron chi connectivity index (χ1n) is 2.66. The molecule has 0 saturated carbocycles. The average Bonchev–Trinajstić information content (AvgIpc) is 1.83. The van der Waals surface area contributed by atoms with E-state index in [0.29, 0.717) is 24.7 Å². The Morgan fingerprint density at radius 3 is 2.33 bits per heavy atom. The Labute approximate surface area is 54.5 Å². The van der Waals surface area contributed by atoms with E-state index in [0.717, 1.165) is 0 Å². The van der Waals surface area contributed by atoms with Crippen LogP contribution >= 0.6 is 0 Å². The first-order valence-corrected chi connectivity index (χ1v) is 2.66. The van der Waals surface area contributed by atoms with Crippen molar-refractivity contribution >= 4 is 6.29 Å². The Balaban J connectivity index is 3.39. The quantitative estimate of drug-likeness (QED) is 0.353. The normalized spacial score (nSPS) is 8.44. The molecule has 9 heavy (non-hydrogen) atoms. The van der Waals surface area contributed by atoms with Crippen molar-refractivity contribution in [3.8, 4) is 0 Å². The molecular weight excluding hydrogens is 116 g/mol. The van der Waals surface area contributed by atoms with Crippen molar-refractivity contribution in [2.24, 2.45) is 0 Å². The van der Waals surface area contributed by atoms with E-state index in [-0.39, 0.29) is 5.76 Å². The van der Waals surface area contributed by atoms with Gasteiger partial charge in [-0.2, -0.15) is 0 Å². The molecule has 0 fully saturated rings. The maximum atomic E-state index is 9.91. The Bertz CT molecular complexity index is 136. The molecule has 0 aliphatic carbocycles. The molecule has 0 saturated heterocycles. The molecule has 0 aliphatic heterocycles. The Morgan fingerprint density at radius 1 is 1.44 bits per heavy atom. The summed E-state index contributed by atoms with van der Waals surface area (Å²) in [6.07, 6.45) is 1.61. The van der Waals surface area contributed by atoms with Gasteiger partial charge in [0.15, 0.2) is 0 Å². The Kier molecular flexibility index (Phi) is 3.44. The minimum absolute atomic E-state index is 0.0954. The maximum absolute atomic E-state index is 9.91. The summed E-state index contributed by atoms with van der Waals surface area (Å²) < 4.78 is 0. The Hall–Kier alpha value is -1.05. The standard InChI is InChI=1S/C7H10O2/c1-6(5-8)3-4-7(2)9/h5,9H,1-4H2. The van der Waals surface area contributed by atoms with Crippen molar-refractivity contribution in [3.05, 3.63) is 24.5 Å². The lowest BCUT2D eigenvalue weighted by molar-refractivity contribution is -0.105. The molecular formula is C7H10O2. The maximum Gasteiger partial charge on any atom is 0.145 e. The van der Waals surface area contributed by atoms with Gasteiger partial charge >= 0.3 is 0 Å². The van der Waals surface area contributed by atoms with Crippen molar-refractivity contribution < 1.29 is 9.90 Å². The second kappa shape index (κ2) is 3.89. The van der Waals surface area contributed by atoms with Crippen LogP contribution in [0.15, 0.2) is 24.5 Å². The van der Waals surface area contributed by atoms with Gasteiger partial charge in [-0.1, -0.05) is 13.2 Å². The monoisotopic (exact) mass is 126 g/mol. The van der Waals surface area contributed by atoms with Crippen LogP contribution < -0.4 is 0 Å². The van der Waals surface area contributed by atoms with Crippen LogP contribution in [0.1, 0.15) is 12.8 Å². The fraction of sp³-hybridized carbons (Fsp3) is 0.286. The van der Waals surface area contributed by atoms with E-state index in [4.69, 9.17) is 5.11 Å². The summed E-state index contributed by atoms with van der Waals surface area (Å²) in [5.41, 5.74) is 0.491. The molecule has 2 heteroatoms. The molecule has 1 N–H and O–H groups in total. The highest BCUT2D eigenvalue weighted by molar-refractivity contribution is 5.71. The van der Waals surface area contributed by atoms with E-state index in [9.17, 15) is 4.79 Å². The van der Waals surface area contributed by atoms with E-state index in [1.54, 1.807) is 0 Å². The van der Waals surface area contributed by atoms with Crippen LogP contribution in [0.4, 0.5) is 0 Å². The third-order valence-corrected chi connectivity index (χ3v) is 0.901. The summed E-state index contributed by atoms with van der Waals surface area (Å²) in [4.78, 5) is 9.91. The molecule has 50 valence electrons. The summed E-state index contributed by atoms with van der Waals surface area (Å²) >= 11 is 0. The predicted octanol–water partition coefficient (Wildman–Crippen LogP) is 1.59. The third-order valence-electron chi connectivity index (χ3n) is 0.901. The number of carbonyl (C=O) groups excluding carboxylic acids is 1. The van der Waals surface area contributed by atoms with Crippen LogP contribution in [0.3, 0.4) is 0 Å². The smallest absolute Gasteiger partial charge is 0.145 e. The largest absolute Gasteiger partial charge is 0.513 e. The van der Waals surface area contributed by atoms with Crippen LogP contribution in [-0.2, 0) is 4.79 Å². The topological polar surface area (TPSA) is 37.3 Å². The molecule has 0 aromatic carbocycles. The van der Waals surface area contributed by atoms with Gasteiger partial charge in [-0.25, -0.2) is 0 Å². The molecule has 0 radical (unpaired) electrons. The lowest BCUT2D eigenvalue weighted by Crippen LogP contribution is -1.84. The zero-order valence-corrected chi connectivity index (χ0v) is 5.26. The van der Waals surface area contributed by atoms with Gasteiger partial charge in [0.25, 0.3) is 0 Å². The van der Waals surface area contributed by atoms with Crippen molar-refractivity contribution in [2.45, 2.75) is 12.8 Å². The van der Waals surface area contributed by atoms with Gasteiger partial charge in [0.1, 0.15) is 6.29 Å². The van der Waals surface area contributed by atoms with Crippen LogP contribution in [0.25, 0.3) is 0 Å². The van der Waals surface area contributed by atoms with Gasteiger partial charge in [-0.05, 0) is 12.0 Å². The van der Waals surface area contributed by atoms with E-state index in [2.05, 4.69) is 13.2 Å².